The number of rotatable bonds is 4. The Labute approximate surface area is 178 Å². The van der Waals surface area contributed by atoms with Crippen molar-refractivity contribution < 1.29 is 18.3 Å². The Morgan fingerprint density at radius 2 is 2.00 bits per heavy atom. The van der Waals surface area contributed by atoms with Gasteiger partial charge in [-0.05, 0) is 49.2 Å². The van der Waals surface area contributed by atoms with Crippen LogP contribution in [0.5, 0.6) is 0 Å². The zero-order valence-electron chi connectivity index (χ0n) is 15.2. The summed E-state index contributed by atoms with van der Waals surface area (Å²) < 4.78 is 33.0. The molecule has 0 saturated carbocycles. The molecule has 0 radical (unpaired) electrons. The molecule has 0 unspecified atom stereocenters. The third-order valence-corrected chi connectivity index (χ3v) is 4.60. The summed E-state index contributed by atoms with van der Waals surface area (Å²) in [6, 6.07) is 8.27. The van der Waals surface area contributed by atoms with Crippen LogP contribution in [0.1, 0.15) is 12.8 Å². The topological polar surface area (TPSA) is 93.0 Å². The van der Waals surface area contributed by atoms with Gasteiger partial charge in [-0.25, -0.2) is 13.8 Å². The van der Waals surface area contributed by atoms with Gasteiger partial charge in [0.1, 0.15) is 23.6 Å². The predicted octanol–water partition coefficient (Wildman–Crippen LogP) is 3.80. The van der Waals surface area contributed by atoms with Gasteiger partial charge in [0.25, 0.3) is 5.91 Å². The van der Waals surface area contributed by atoms with Gasteiger partial charge in [-0.1, -0.05) is 0 Å². The maximum Gasteiger partial charge on any atom is 0.253 e. The number of nitrogens with zero attached hydrogens (tertiary/aromatic N) is 1. The van der Waals surface area contributed by atoms with E-state index in [1.807, 2.05) is 0 Å². The van der Waals surface area contributed by atoms with E-state index in [0.29, 0.717) is 29.7 Å². The fourth-order valence-corrected chi connectivity index (χ4v) is 3.19. The number of ether oxygens (including phenoxy) is 1. The van der Waals surface area contributed by atoms with Crippen molar-refractivity contribution in [2.75, 3.05) is 11.9 Å². The minimum absolute atomic E-state index is 0. The molecule has 2 aromatic carbocycles. The average Bonchev–Trinajstić information content (AvgIpc) is 3.30. The number of benzene rings is 2. The lowest BCUT2D eigenvalue weighted by Crippen LogP contribution is -2.29. The quantitative estimate of drug-likeness (QED) is 0.570. The van der Waals surface area contributed by atoms with Gasteiger partial charge in [0.05, 0.1) is 22.7 Å². The molecular weight excluding hydrogens is 425 g/mol. The molecule has 4 N–H and O–H groups in total. The lowest BCUT2D eigenvalue weighted by atomic mass is 10.2. The van der Waals surface area contributed by atoms with E-state index in [0.717, 1.165) is 24.6 Å². The summed E-state index contributed by atoms with van der Waals surface area (Å²) in [6.45, 7) is 0.392. The van der Waals surface area contributed by atoms with Crippen LogP contribution in [0.4, 0.5) is 14.5 Å². The number of aromatic amines is 1. The Morgan fingerprint density at radius 1 is 1.21 bits per heavy atom. The van der Waals surface area contributed by atoms with Crippen molar-refractivity contribution >= 4 is 47.4 Å². The maximum absolute atomic E-state index is 14.0. The lowest BCUT2D eigenvalue weighted by molar-refractivity contribution is -0.126. The van der Waals surface area contributed by atoms with Crippen molar-refractivity contribution in [2.45, 2.75) is 25.0 Å². The van der Waals surface area contributed by atoms with E-state index in [-0.39, 0.29) is 48.2 Å². The Kier molecular flexibility index (Phi) is 7.54. The third-order valence-electron chi connectivity index (χ3n) is 4.60. The third kappa shape index (κ3) is 4.84. The number of anilines is 1. The second kappa shape index (κ2) is 9.49. The number of amides is 1. The molecule has 1 aliphatic heterocycles. The van der Waals surface area contributed by atoms with Crippen molar-refractivity contribution in [3.8, 4) is 11.4 Å². The highest BCUT2D eigenvalue weighted by Crippen LogP contribution is 2.26. The average molecular weight is 445 g/mol. The van der Waals surface area contributed by atoms with Crippen molar-refractivity contribution in [2.24, 2.45) is 5.73 Å². The first-order valence-electron chi connectivity index (χ1n) is 8.65. The molecule has 1 aromatic heterocycles. The molecule has 4 rings (SSSR count). The zero-order valence-corrected chi connectivity index (χ0v) is 16.8. The van der Waals surface area contributed by atoms with E-state index in [4.69, 9.17) is 10.5 Å². The molecule has 156 valence electrons. The molecule has 2 heterocycles. The van der Waals surface area contributed by atoms with Crippen LogP contribution in [0.25, 0.3) is 22.4 Å². The zero-order chi connectivity index (χ0) is 19.0. The van der Waals surface area contributed by atoms with Gasteiger partial charge < -0.3 is 20.8 Å². The van der Waals surface area contributed by atoms with E-state index in [2.05, 4.69) is 15.3 Å². The smallest absolute Gasteiger partial charge is 0.253 e. The number of nitrogens with one attached hydrogen (secondary N) is 2. The molecule has 2 atom stereocenters. The molecule has 3 aromatic rings. The highest BCUT2D eigenvalue weighted by Gasteiger charge is 2.29. The van der Waals surface area contributed by atoms with Crippen LogP contribution in [0.2, 0.25) is 0 Å². The highest BCUT2D eigenvalue weighted by atomic mass is 35.5. The van der Waals surface area contributed by atoms with Gasteiger partial charge >= 0.3 is 0 Å². The molecule has 6 nitrogen and oxygen atoms in total. The Morgan fingerprint density at radius 3 is 2.72 bits per heavy atom. The number of nitrogens with two attached hydrogens (primary N) is 1. The minimum Gasteiger partial charge on any atom is -0.364 e. The van der Waals surface area contributed by atoms with Gasteiger partial charge in [0.15, 0.2) is 0 Å². The molecule has 1 amide bonds. The summed E-state index contributed by atoms with van der Waals surface area (Å²) in [7, 11) is 0. The van der Waals surface area contributed by atoms with Gasteiger partial charge in [0, 0.05) is 12.2 Å². The highest BCUT2D eigenvalue weighted by molar-refractivity contribution is 5.96. The number of hydrogen-bond donors (Lipinski definition) is 3. The van der Waals surface area contributed by atoms with Crippen LogP contribution in [-0.2, 0) is 9.53 Å². The van der Waals surface area contributed by atoms with Gasteiger partial charge in [-0.15, -0.1) is 24.8 Å². The second-order valence-electron chi connectivity index (χ2n) is 6.49. The standard InChI is InChI=1S/C19H18F2N4O2.2ClH/c20-10-1-4-14(21)13(7-10)18-24-15-5-2-11(8-16(15)25-18)23-19(26)17-6-3-12(9-22)27-17;;/h1-2,4-5,7-8,12,17H,3,6,9,22H2,(H,23,26)(H,24,25);2*1H/t12-,17+;;/m1../s1. The number of carbonyl (C=O) groups excluding carboxylic acids is 1. The number of halogens is 4. The van der Waals surface area contributed by atoms with Crippen LogP contribution in [0.3, 0.4) is 0 Å². The molecule has 0 aliphatic carbocycles. The molecule has 10 heteroatoms. The molecule has 1 saturated heterocycles. The number of fused-ring (bicyclic) bond motifs is 1. The van der Waals surface area contributed by atoms with Gasteiger partial charge in [-0.2, -0.15) is 0 Å². The van der Waals surface area contributed by atoms with Gasteiger partial charge in [0.2, 0.25) is 0 Å². The van der Waals surface area contributed by atoms with E-state index in [1.54, 1.807) is 18.2 Å². The maximum atomic E-state index is 14.0. The largest absolute Gasteiger partial charge is 0.364 e. The predicted molar refractivity (Wildman–Crippen MR) is 112 cm³/mol. The number of hydrogen-bond acceptors (Lipinski definition) is 4. The minimum atomic E-state index is -0.572. The van der Waals surface area contributed by atoms with E-state index in [1.165, 1.54) is 0 Å². The summed E-state index contributed by atoms with van der Waals surface area (Å²) in [6.07, 6.45) is 0.784. The summed E-state index contributed by atoms with van der Waals surface area (Å²) in [5, 5.41) is 2.80. The first kappa shape index (κ1) is 23.0. The van der Waals surface area contributed by atoms with Crippen LogP contribution in [0.15, 0.2) is 36.4 Å². The Bertz CT molecular complexity index is 1020. The molecule has 29 heavy (non-hydrogen) atoms. The van der Waals surface area contributed by atoms with Crippen molar-refractivity contribution in [1.82, 2.24) is 9.97 Å². The fraction of sp³-hybridized carbons (Fsp3) is 0.263. The first-order valence-corrected chi connectivity index (χ1v) is 8.65. The summed E-state index contributed by atoms with van der Waals surface area (Å²) >= 11 is 0. The molecule has 0 bridgehead atoms. The van der Waals surface area contributed by atoms with E-state index in [9.17, 15) is 13.6 Å². The van der Waals surface area contributed by atoms with Gasteiger partial charge in [-0.3, -0.25) is 4.79 Å². The summed E-state index contributed by atoms with van der Waals surface area (Å²) in [5.41, 5.74) is 7.34. The van der Waals surface area contributed by atoms with Crippen molar-refractivity contribution in [3.63, 3.8) is 0 Å². The van der Waals surface area contributed by atoms with Crippen LogP contribution >= 0.6 is 24.8 Å². The Hall–Kier alpha value is -2.26. The molecular formula is C19H20Cl2F2N4O2. The second-order valence-corrected chi connectivity index (χ2v) is 6.49. The molecule has 0 spiro atoms. The van der Waals surface area contributed by atoms with Crippen molar-refractivity contribution in [3.05, 3.63) is 48.0 Å². The summed E-state index contributed by atoms with van der Waals surface area (Å²) in [5.74, 6) is -1.14. The number of H-pyrrole nitrogens is 1. The molecule has 1 aliphatic rings. The number of aromatic nitrogens is 2. The van der Waals surface area contributed by atoms with Crippen molar-refractivity contribution in [1.29, 1.82) is 0 Å². The Balaban J connectivity index is 0.00000150. The fourth-order valence-electron chi connectivity index (χ4n) is 3.19. The van der Waals surface area contributed by atoms with Crippen LogP contribution < -0.4 is 11.1 Å². The van der Waals surface area contributed by atoms with E-state index >= 15 is 0 Å². The normalized spacial score (nSPS) is 18.2. The number of carbonyl (C=O) groups is 1. The lowest BCUT2D eigenvalue weighted by Gasteiger charge is -2.12. The molecule has 1 fully saturated rings. The summed E-state index contributed by atoms with van der Waals surface area (Å²) in [4.78, 5) is 19.6. The number of imidazole rings is 1. The van der Waals surface area contributed by atoms with Crippen LogP contribution in [0, 0.1) is 11.6 Å². The first-order chi connectivity index (χ1) is 13.0. The SMILES string of the molecule is Cl.Cl.NC[C@H]1CC[C@@H](C(=O)Nc2ccc3nc(-c4cc(F)ccc4F)[nH]c3c2)O1. The van der Waals surface area contributed by atoms with E-state index < -0.39 is 17.7 Å². The monoisotopic (exact) mass is 444 g/mol. The van der Waals surface area contributed by atoms with Crippen LogP contribution in [-0.4, -0.2) is 34.6 Å².